The van der Waals surface area contributed by atoms with Gasteiger partial charge in [0.2, 0.25) is 0 Å². The number of halogens is 1. The van der Waals surface area contributed by atoms with Gasteiger partial charge in [0.05, 0.1) is 6.61 Å². The van der Waals surface area contributed by atoms with Gasteiger partial charge in [-0.05, 0) is 30.2 Å². The summed E-state index contributed by atoms with van der Waals surface area (Å²) in [6, 6.07) is 16.9. The van der Waals surface area contributed by atoms with Crippen molar-refractivity contribution in [1.29, 1.82) is 5.26 Å². The first-order valence-corrected chi connectivity index (χ1v) is 10.6. The van der Waals surface area contributed by atoms with Crippen molar-refractivity contribution in [2.24, 2.45) is 0 Å². The predicted octanol–water partition coefficient (Wildman–Crippen LogP) is 5.72. The molecule has 1 amide bonds. The van der Waals surface area contributed by atoms with Crippen molar-refractivity contribution in [2.75, 3.05) is 11.9 Å². The highest BCUT2D eigenvalue weighted by molar-refractivity contribution is 7.15. The topological polar surface area (TPSA) is 75.0 Å². The summed E-state index contributed by atoms with van der Waals surface area (Å²) >= 11 is 7.56. The van der Waals surface area contributed by atoms with Crippen molar-refractivity contribution in [1.82, 2.24) is 4.98 Å². The molecule has 0 fully saturated rings. The minimum absolute atomic E-state index is 0.0228. The van der Waals surface area contributed by atoms with Crippen molar-refractivity contribution in [2.45, 2.75) is 19.8 Å². The van der Waals surface area contributed by atoms with Crippen molar-refractivity contribution in [3.8, 4) is 11.8 Å². The van der Waals surface area contributed by atoms with Gasteiger partial charge in [-0.25, -0.2) is 4.98 Å². The van der Waals surface area contributed by atoms with Crippen molar-refractivity contribution < 1.29 is 9.53 Å². The largest absolute Gasteiger partial charge is 0.493 e. The Kier molecular flexibility index (Phi) is 7.61. The highest BCUT2D eigenvalue weighted by Gasteiger charge is 2.14. The number of nitriles is 1. The number of ether oxygens (including phenoxy) is 1. The van der Waals surface area contributed by atoms with Crippen LogP contribution in [0.5, 0.6) is 5.75 Å². The van der Waals surface area contributed by atoms with Crippen LogP contribution in [0.25, 0.3) is 6.08 Å². The van der Waals surface area contributed by atoms with Gasteiger partial charge in [-0.15, -0.1) is 11.3 Å². The fraction of sp³-hybridized carbons (Fsp3) is 0.174. The molecule has 3 rings (SSSR count). The second-order valence-electron chi connectivity index (χ2n) is 6.41. The van der Waals surface area contributed by atoms with Crippen LogP contribution in [0.3, 0.4) is 0 Å². The zero-order valence-corrected chi connectivity index (χ0v) is 18.0. The Morgan fingerprint density at radius 2 is 2.03 bits per heavy atom. The maximum Gasteiger partial charge on any atom is 0.268 e. The molecule has 0 aliphatic heterocycles. The van der Waals surface area contributed by atoms with Crippen molar-refractivity contribution in [3.05, 3.63) is 81.3 Å². The summed E-state index contributed by atoms with van der Waals surface area (Å²) in [5, 5.41) is 13.3. The maximum atomic E-state index is 12.6. The first-order valence-electron chi connectivity index (χ1n) is 9.43. The molecule has 152 valence electrons. The zero-order chi connectivity index (χ0) is 21.3. The lowest BCUT2D eigenvalue weighted by atomic mass is 10.1. The monoisotopic (exact) mass is 437 g/mol. The molecule has 0 spiro atoms. The molecule has 5 nitrogen and oxygen atoms in total. The normalized spacial score (nSPS) is 11.0. The number of rotatable bonds is 8. The standard InChI is InChI=1S/C23H20ClN3O2S/c1-2-11-29-21-10-6-4-8-17(21)12-18(14-25)22(28)27-23-26-15-19(30-23)13-16-7-3-5-9-20(16)24/h3-10,12,15H,2,11,13H2,1H3,(H,26,27,28)/b18-12+. The summed E-state index contributed by atoms with van der Waals surface area (Å²) in [4.78, 5) is 17.8. The summed E-state index contributed by atoms with van der Waals surface area (Å²) in [5.74, 6) is 0.123. The third kappa shape index (κ3) is 5.69. The molecule has 0 bridgehead atoms. The first kappa shape index (κ1) is 21.6. The number of benzene rings is 2. The number of hydrogen-bond donors (Lipinski definition) is 1. The van der Waals surface area contributed by atoms with Gasteiger partial charge in [0.15, 0.2) is 5.13 Å². The molecule has 30 heavy (non-hydrogen) atoms. The molecule has 1 aromatic heterocycles. The SMILES string of the molecule is CCCOc1ccccc1/C=C(\C#N)C(=O)Nc1ncc(Cc2ccccc2Cl)s1. The van der Waals surface area contributed by atoms with Crippen LogP contribution in [0.4, 0.5) is 5.13 Å². The predicted molar refractivity (Wildman–Crippen MR) is 121 cm³/mol. The summed E-state index contributed by atoms with van der Waals surface area (Å²) in [7, 11) is 0. The van der Waals surface area contributed by atoms with Crippen LogP contribution < -0.4 is 10.1 Å². The number of para-hydroxylation sites is 1. The van der Waals surface area contributed by atoms with Crippen LogP contribution in [0.2, 0.25) is 5.02 Å². The minimum atomic E-state index is -0.513. The molecule has 0 aliphatic rings. The summed E-state index contributed by atoms with van der Waals surface area (Å²) < 4.78 is 5.69. The number of nitrogens with zero attached hydrogens (tertiary/aromatic N) is 2. The van der Waals surface area contributed by atoms with E-state index in [1.165, 1.54) is 17.4 Å². The van der Waals surface area contributed by atoms with Gasteiger partial charge in [0.25, 0.3) is 5.91 Å². The number of aromatic nitrogens is 1. The van der Waals surface area contributed by atoms with E-state index in [1.807, 2.05) is 55.5 Å². The van der Waals surface area contributed by atoms with E-state index in [1.54, 1.807) is 12.3 Å². The number of carbonyl (C=O) groups is 1. The molecule has 1 N–H and O–H groups in total. The van der Waals surface area contributed by atoms with Crippen LogP contribution in [-0.2, 0) is 11.2 Å². The Morgan fingerprint density at radius 3 is 2.80 bits per heavy atom. The van der Waals surface area contributed by atoms with Gasteiger partial charge in [0, 0.05) is 28.1 Å². The second kappa shape index (κ2) is 10.6. The molecular formula is C23H20ClN3O2S. The molecule has 3 aromatic rings. The van der Waals surface area contributed by atoms with E-state index in [9.17, 15) is 10.1 Å². The van der Waals surface area contributed by atoms with Gasteiger partial charge >= 0.3 is 0 Å². The van der Waals surface area contributed by atoms with Gasteiger partial charge in [-0.3, -0.25) is 10.1 Å². The Balaban J connectivity index is 1.72. The number of hydrogen-bond acceptors (Lipinski definition) is 5. The molecule has 2 aromatic carbocycles. The van der Waals surface area contributed by atoms with Crippen LogP contribution in [0.15, 0.2) is 60.3 Å². The van der Waals surface area contributed by atoms with E-state index < -0.39 is 5.91 Å². The highest BCUT2D eigenvalue weighted by atomic mass is 35.5. The first-order chi connectivity index (χ1) is 14.6. The van der Waals surface area contributed by atoms with Crippen LogP contribution in [0.1, 0.15) is 29.3 Å². The summed E-state index contributed by atoms with van der Waals surface area (Å²) in [5.41, 5.74) is 1.64. The summed E-state index contributed by atoms with van der Waals surface area (Å²) in [6.07, 6.45) is 4.71. The van der Waals surface area contributed by atoms with Crippen molar-refractivity contribution >= 4 is 40.1 Å². The van der Waals surface area contributed by atoms with E-state index in [0.717, 1.165) is 16.9 Å². The quantitative estimate of drug-likeness (QED) is 0.361. The third-order valence-corrected chi connectivity index (χ3v) is 5.42. The van der Waals surface area contributed by atoms with E-state index in [-0.39, 0.29) is 5.57 Å². The Labute approximate surface area is 184 Å². The molecule has 0 saturated carbocycles. The van der Waals surface area contributed by atoms with Crippen molar-refractivity contribution in [3.63, 3.8) is 0 Å². The number of nitrogens with one attached hydrogen (secondary N) is 1. The molecular weight excluding hydrogens is 418 g/mol. The number of carbonyl (C=O) groups excluding carboxylic acids is 1. The lowest BCUT2D eigenvalue weighted by Crippen LogP contribution is -2.13. The highest BCUT2D eigenvalue weighted by Crippen LogP contribution is 2.26. The van der Waals surface area contributed by atoms with E-state index >= 15 is 0 Å². The maximum absolute atomic E-state index is 12.6. The Hall–Kier alpha value is -3.14. The Bertz CT molecular complexity index is 1100. The third-order valence-electron chi connectivity index (χ3n) is 4.14. The summed E-state index contributed by atoms with van der Waals surface area (Å²) in [6.45, 7) is 2.58. The number of amides is 1. The molecule has 0 saturated heterocycles. The molecule has 0 unspecified atom stereocenters. The van der Waals surface area contributed by atoms with Gasteiger partial charge < -0.3 is 4.74 Å². The average molecular weight is 438 g/mol. The van der Waals surface area contributed by atoms with Gasteiger partial charge in [-0.1, -0.05) is 54.9 Å². The van der Waals surface area contributed by atoms with Crippen LogP contribution in [0, 0.1) is 11.3 Å². The van der Waals surface area contributed by atoms with E-state index in [4.69, 9.17) is 16.3 Å². The molecule has 0 radical (unpaired) electrons. The average Bonchev–Trinajstić information content (AvgIpc) is 3.19. The zero-order valence-electron chi connectivity index (χ0n) is 16.4. The van der Waals surface area contributed by atoms with Gasteiger partial charge in [-0.2, -0.15) is 5.26 Å². The lowest BCUT2D eigenvalue weighted by Gasteiger charge is -2.08. The Morgan fingerprint density at radius 1 is 1.27 bits per heavy atom. The fourth-order valence-electron chi connectivity index (χ4n) is 2.69. The smallest absolute Gasteiger partial charge is 0.268 e. The number of thiazole rings is 1. The molecule has 1 heterocycles. The minimum Gasteiger partial charge on any atom is -0.493 e. The number of anilines is 1. The van der Waals surface area contributed by atoms with Crippen LogP contribution >= 0.6 is 22.9 Å². The molecule has 7 heteroatoms. The van der Waals surface area contributed by atoms with Crippen LogP contribution in [-0.4, -0.2) is 17.5 Å². The second-order valence-corrected chi connectivity index (χ2v) is 7.93. The molecule has 0 atom stereocenters. The molecule has 0 aliphatic carbocycles. The van der Waals surface area contributed by atoms with E-state index in [2.05, 4.69) is 10.3 Å². The van der Waals surface area contributed by atoms with E-state index in [0.29, 0.717) is 34.5 Å². The van der Waals surface area contributed by atoms with Gasteiger partial charge in [0.1, 0.15) is 17.4 Å². The fourth-order valence-corrected chi connectivity index (χ4v) is 3.72. The lowest BCUT2D eigenvalue weighted by molar-refractivity contribution is -0.112.